The van der Waals surface area contributed by atoms with E-state index in [1.807, 2.05) is 0 Å². The minimum absolute atomic E-state index is 0.282. The first-order valence-electron chi connectivity index (χ1n) is 6.72. The van der Waals surface area contributed by atoms with Crippen LogP contribution in [-0.2, 0) is 9.47 Å². The molecule has 0 saturated carbocycles. The summed E-state index contributed by atoms with van der Waals surface area (Å²) in [7, 11) is 1.60. The van der Waals surface area contributed by atoms with E-state index in [-0.39, 0.29) is 5.97 Å². The van der Waals surface area contributed by atoms with Gasteiger partial charge >= 0.3 is 5.97 Å². The standard InChI is InChI=1S/C15H20O4/c1-17-13-8-6-12(7-9-13)15(16)19-11-3-5-14-4-2-10-18-14/h6-9,14H,2-5,10-11H2,1H3. The lowest BCUT2D eigenvalue weighted by Gasteiger charge is -2.09. The number of esters is 1. The van der Waals surface area contributed by atoms with Crippen molar-refractivity contribution < 1.29 is 19.0 Å². The van der Waals surface area contributed by atoms with Gasteiger partial charge in [0.25, 0.3) is 0 Å². The highest BCUT2D eigenvalue weighted by Crippen LogP contribution is 2.17. The maximum atomic E-state index is 11.7. The van der Waals surface area contributed by atoms with Crippen LogP contribution in [0.1, 0.15) is 36.0 Å². The maximum Gasteiger partial charge on any atom is 0.338 e. The minimum atomic E-state index is -0.282. The average molecular weight is 264 g/mol. The Kier molecular flexibility index (Phi) is 5.21. The van der Waals surface area contributed by atoms with E-state index in [2.05, 4.69) is 0 Å². The van der Waals surface area contributed by atoms with Crippen molar-refractivity contribution in [3.63, 3.8) is 0 Å². The summed E-state index contributed by atoms with van der Waals surface area (Å²) < 4.78 is 15.8. The molecule has 1 aliphatic heterocycles. The van der Waals surface area contributed by atoms with Crippen LogP contribution in [0.15, 0.2) is 24.3 Å². The average Bonchev–Trinajstić information content (AvgIpc) is 2.96. The minimum Gasteiger partial charge on any atom is -0.497 e. The monoisotopic (exact) mass is 264 g/mol. The smallest absolute Gasteiger partial charge is 0.338 e. The van der Waals surface area contributed by atoms with E-state index in [0.717, 1.165) is 38.0 Å². The zero-order chi connectivity index (χ0) is 13.5. The van der Waals surface area contributed by atoms with Crippen molar-refractivity contribution in [2.75, 3.05) is 20.3 Å². The van der Waals surface area contributed by atoms with Crippen LogP contribution in [0.3, 0.4) is 0 Å². The molecule has 0 N–H and O–H groups in total. The molecule has 104 valence electrons. The second-order valence-electron chi connectivity index (χ2n) is 4.64. The van der Waals surface area contributed by atoms with Crippen molar-refractivity contribution in [2.24, 2.45) is 0 Å². The largest absolute Gasteiger partial charge is 0.497 e. The van der Waals surface area contributed by atoms with Gasteiger partial charge in [-0.3, -0.25) is 0 Å². The number of methoxy groups -OCH3 is 1. The van der Waals surface area contributed by atoms with E-state index in [0.29, 0.717) is 18.3 Å². The number of carbonyl (C=O) groups is 1. The fraction of sp³-hybridized carbons (Fsp3) is 0.533. The van der Waals surface area contributed by atoms with Crippen LogP contribution in [0.2, 0.25) is 0 Å². The van der Waals surface area contributed by atoms with E-state index in [1.165, 1.54) is 0 Å². The highest BCUT2D eigenvalue weighted by Gasteiger charge is 2.15. The summed E-state index contributed by atoms with van der Waals surface area (Å²) in [5.41, 5.74) is 0.554. The molecule has 0 radical (unpaired) electrons. The Labute approximate surface area is 113 Å². The lowest BCUT2D eigenvalue weighted by atomic mass is 10.1. The van der Waals surface area contributed by atoms with Gasteiger partial charge in [-0.1, -0.05) is 0 Å². The fourth-order valence-electron chi connectivity index (χ4n) is 2.16. The van der Waals surface area contributed by atoms with Crippen LogP contribution in [0.25, 0.3) is 0 Å². The van der Waals surface area contributed by atoms with Gasteiger partial charge in [-0.2, -0.15) is 0 Å². The van der Waals surface area contributed by atoms with Gasteiger partial charge in [0.2, 0.25) is 0 Å². The predicted molar refractivity (Wildman–Crippen MR) is 71.5 cm³/mol. The van der Waals surface area contributed by atoms with E-state index in [4.69, 9.17) is 14.2 Å². The lowest BCUT2D eigenvalue weighted by Crippen LogP contribution is -2.10. The molecular formula is C15H20O4. The molecule has 1 unspecified atom stereocenters. The van der Waals surface area contributed by atoms with Gasteiger partial charge in [-0.25, -0.2) is 4.79 Å². The first-order chi connectivity index (χ1) is 9.29. The number of benzene rings is 1. The van der Waals surface area contributed by atoms with Gasteiger partial charge in [0.05, 0.1) is 25.4 Å². The molecule has 0 bridgehead atoms. The molecule has 0 amide bonds. The van der Waals surface area contributed by atoms with Crippen LogP contribution < -0.4 is 4.74 Å². The molecule has 1 aromatic carbocycles. The highest BCUT2D eigenvalue weighted by molar-refractivity contribution is 5.89. The Morgan fingerprint density at radius 2 is 2.16 bits per heavy atom. The summed E-state index contributed by atoms with van der Waals surface area (Å²) in [6, 6.07) is 6.93. The molecule has 4 heteroatoms. The third kappa shape index (κ3) is 4.24. The van der Waals surface area contributed by atoms with Crippen molar-refractivity contribution in [3.8, 4) is 5.75 Å². The zero-order valence-electron chi connectivity index (χ0n) is 11.3. The molecule has 1 aliphatic rings. The molecule has 1 saturated heterocycles. The molecule has 4 nitrogen and oxygen atoms in total. The maximum absolute atomic E-state index is 11.7. The van der Waals surface area contributed by atoms with Crippen LogP contribution in [-0.4, -0.2) is 32.4 Å². The highest BCUT2D eigenvalue weighted by atomic mass is 16.5. The molecule has 1 fully saturated rings. The van der Waals surface area contributed by atoms with Crippen LogP contribution in [0.5, 0.6) is 5.75 Å². The molecule has 0 aromatic heterocycles. The number of hydrogen-bond acceptors (Lipinski definition) is 4. The molecule has 0 aliphatic carbocycles. The Bertz CT molecular complexity index is 393. The Balaban J connectivity index is 1.68. The van der Waals surface area contributed by atoms with Crippen LogP contribution in [0.4, 0.5) is 0 Å². The SMILES string of the molecule is COc1ccc(C(=O)OCCCC2CCCO2)cc1. The number of carbonyl (C=O) groups excluding carboxylic acids is 1. The quantitative estimate of drug-likeness (QED) is 0.585. The zero-order valence-corrected chi connectivity index (χ0v) is 11.3. The third-order valence-electron chi connectivity index (χ3n) is 3.25. The Morgan fingerprint density at radius 1 is 1.37 bits per heavy atom. The van der Waals surface area contributed by atoms with Crippen molar-refractivity contribution in [1.29, 1.82) is 0 Å². The number of rotatable bonds is 6. The topological polar surface area (TPSA) is 44.8 Å². The van der Waals surface area contributed by atoms with Gasteiger partial charge in [0.1, 0.15) is 5.75 Å². The fourth-order valence-corrected chi connectivity index (χ4v) is 2.16. The van der Waals surface area contributed by atoms with Crippen LogP contribution >= 0.6 is 0 Å². The van der Waals surface area contributed by atoms with Gasteiger partial charge in [-0.15, -0.1) is 0 Å². The third-order valence-corrected chi connectivity index (χ3v) is 3.25. The second-order valence-corrected chi connectivity index (χ2v) is 4.64. The van der Waals surface area contributed by atoms with E-state index >= 15 is 0 Å². The molecule has 19 heavy (non-hydrogen) atoms. The van der Waals surface area contributed by atoms with E-state index < -0.39 is 0 Å². The van der Waals surface area contributed by atoms with Crippen molar-refractivity contribution in [2.45, 2.75) is 31.8 Å². The summed E-state index contributed by atoms with van der Waals surface area (Å²) in [5.74, 6) is 0.449. The van der Waals surface area contributed by atoms with Gasteiger partial charge < -0.3 is 14.2 Å². The second kappa shape index (κ2) is 7.14. The molecular weight excluding hydrogens is 244 g/mol. The first-order valence-corrected chi connectivity index (χ1v) is 6.72. The molecule has 1 aromatic rings. The van der Waals surface area contributed by atoms with E-state index in [1.54, 1.807) is 31.4 Å². The molecule has 1 heterocycles. The van der Waals surface area contributed by atoms with Gasteiger partial charge in [0, 0.05) is 6.61 Å². The van der Waals surface area contributed by atoms with Crippen molar-refractivity contribution >= 4 is 5.97 Å². The molecule has 2 rings (SSSR count). The summed E-state index contributed by atoms with van der Waals surface area (Å²) >= 11 is 0. The summed E-state index contributed by atoms with van der Waals surface area (Å²) in [4.78, 5) is 11.7. The lowest BCUT2D eigenvalue weighted by molar-refractivity contribution is 0.0461. The van der Waals surface area contributed by atoms with Gasteiger partial charge in [-0.05, 0) is 49.9 Å². The van der Waals surface area contributed by atoms with Crippen molar-refractivity contribution in [3.05, 3.63) is 29.8 Å². The summed E-state index contributed by atoms with van der Waals surface area (Å²) in [6.45, 7) is 1.32. The number of hydrogen-bond donors (Lipinski definition) is 0. The Hall–Kier alpha value is -1.55. The van der Waals surface area contributed by atoms with Crippen molar-refractivity contribution in [1.82, 2.24) is 0 Å². The van der Waals surface area contributed by atoms with E-state index in [9.17, 15) is 4.79 Å². The van der Waals surface area contributed by atoms with Crippen LogP contribution in [0, 0.1) is 0 Å². The normalized spacial score (nSPS) is 18.3. The first kappa shape index (κ1) is 13.9. The summed E-state index contributed by atoms with van der Waals surface area (Å²) in [6.07, 6.45) is 4.46. The Morgan fingerprint density at radius 3 is 2.79 bits per heavy atom. The molecule has 1 atom stereocenters. The van der Waals surface area contributed by atoms with Gasteiger partial charge in [0.15, 0.2) is 0 Å². The number of ether oxygens (including phenoxy) is 3. The predicted octanol–water partition coefficient (Wildman–Crippen LogP) is 2.81. The molecule has 0 spiro atoms. The summed E-state index contributed by atoms with van der Waals surface area (Å²) in [5, 5.41) is 0.